The van der Waals surface area contributed by atoms with Crippen LogP contribution in [0.25, 0.3) is 0 Å². The van der Waals surface area contributed by atoms with Crippen LogP contribution in [-0.2, 0) is 16.3 Å². The van der Waals surface area contributed by atoms with E-state index in [4.69, 9.17) is 28.2 Å². The summed E-state index contributed by atoms with van der Waals surface area (Å²) in [5.74, 6) is 0. The van der Waals surface area contributed by atoms with Crippen LogP contribution in [0.3, 0.4) is 0 Å². The van der Waals surface area contributed by atoms with Crippen molar-refractivity contribution in [2.75, 3.05) is 18.0 Å². The van der Waals surface area contributed by atoms with E-state index in [-0.39, 0.29) is 9.92 Å². The van der Waals surface area contributed by atoms with E-state index >= 15 is 0 Å². The van der Waals surface area contributed by atoms with E-state index in [1.807, 2.05) is 0 Å². The minimum Gasteiger partial charge on any atom is -0.348 e. The molecule has 32 heavy (non-hydrogen) atoms. The summed E-state index contributed by atoms with van der Waals surface area (Å²) in [6, 6.07) is 9.46. The third-order valence-corrected chi connectivity index (χ3v) is 10.3. The summed E-state index contributed by atoms with van der Waals surface area (Å²) < 4.78 is 26.5. The summed E-state index contributed by atoms with van der Waals surface area (Å²) in [5, 5.41) is 3.29. The fraction of sp³-hybridized carbons (Fsp3) is 0.375. The number of rotatable bonds is 5. The highest BCUT2D eigenvalue weighted by atomic mass is 35.5. The van der Waals surface area contributed by atoms with E-state index in [0.717, 1.165) is 17.2 Å². The van der Waals surface area contributed by atoms with Crippen LogP contribution in [0, 0.1) is 20.8 Å². The van der Waals surface area contributed by atoms with Crippen molar-refractivity contribution in [3.8, 4) is 0 Å². The van der Waals surface area contributed by atoms with E-state index in [1.165, 1.54) is 22.8 Å². The molecule has 170 valence electrons. The fourth-order valence-corrected chi connectivity index (χ4v) is 7.66. The van der Waals surface area contributed by atoms with Gasteiger partial charge in [0.15, 0.2) is 15.0 Å². The number of thiazole rings is 1. The Balaban J connectivity index is 1.45. The quantitative estimate of drug-likeness (QED) is 0.399. The molecule has 1 aromatic heterocycles. The van der Waals surface area contributed by atoms with Crippen LogP contribution < -0.4 is 4.90 Å². The number of aromatic nitrogens is 1. The molecule has 4 nitrogen and oxygen atoms in total. The zero-order valence-electron chi connectivity index (χ0n) is 18.4. The van der Waals surface area contributed by atoms with Crippen LogP contribution in [0.5, 0.6) is 0 Å². The second-order valence-corrected chi connectivity index (χ2v) is 12.3. The number of aryl methyl sites for hydroxylation is 3. The van der Waals surface area contributed by atoms with Crippen molar-refractivity contribution in [2.45, 2.75) is 50.2 Å². The first-order valence-electron chi connectivity index (χ1n) is 10.6. The number of anilines is 1. The maximum atomic E-state index is 13.2. The highest BCUT2D eigenvalue weighted by molar-refractivity contribution is 7.92. The molecule has 0 amide bonds. The van der Waals surface area contributed by atoms with E-state index in [9.17, 15) is 8.42 Å². The number of nitrogens with zero attached hydrogens (tertiary/aromatic N) is 2. The van der Waals surface area contributed by atoms with E-state index in [1.54, 1.807) is 24.3 Å². The predicted molar refractivity (Wildman–Crippen MR) is 134 cm³/mol. The Morgan fingerprint density at radius 3 is 2.34 bits per heavy atom. The minimum atomic E-state index is -3.52. The molecule has 1 aliphatic heterocycles. The van der Waals surface area contributed by atoms with Gasteiger partial charge in [-0.05, 0) is 68.0 Å². The molecule has 0 saturated carbocycles. The van der Waals surface area contributed by atoms with Gasteiger partial charge in [0.25, 0.3) is 0 Å². The largest absolute Gasteiger partial charge is 0.348 e. The molecular weight excluding hydrogens is 483 g/mol. The minimum absolute atomic E-state index is 0.185. The molecular formula is C24H26Cl2N2O2S2. The van der Waals surface area contributed by atoms with Crippen molar-refractivity contribution >= 4 is 49.5 Å². The van der Waals surface area contributed by atoms with Gasteiger partial charge >= 0.3 is 0 Å². The topological polar surface area (TPSA) is 50.3 Å². The highest BCUT2D eigenvalue weighted by Gasteiger charge is 2.33. The van der Waals surface area contributed by atoms with Gasteiger partial charge in [0, 0.05) is 29.9 Å². The summed E-state index contributed by atoms with van der Waals surface area (Å²) in [6.45, 7) is 7.37. The van der Waals surface area contributed by atoms with Crippen LogP contribution >= 0.6 is 34.5 Å². The van der Waals surface area contributed by atoms with Crippen molar-refractivity contribution in [3.05, 3.63) is 73.7 Å². The molecule has 0 unspecified atom stereocenters. The first-order chi connectivity index (χ1) is 15.2. The normalized spacial score (nSPS) is 15.3. The average molecular weight is 510 g/mol. The van der Waals surface area contributed by atoms with Gasteiger partial charge in [-0.15, -0.1) is 11.3 Å². The number of hydrogen-bond acceptors (Lipinski definition) is 5. The summed E-state index contributed by atoms with van der Waals surface area (Å²) in [7, 11) is -3.52. The van der Waals surface area contributed by atoms with Crippen molar-refractivity contribution in [1.29, 1.82) is 0 Å². The van der Waals surface area contributed by atoms with Crippen molar-refractivity contribution in [1.82, 2.24) is 4.98 Å². The van der Waals surface area contributed by atoms with E-state index in [0.29, 0.717) is 36.5 Å². The van der Waals surface area contributed by atoms with Gasteiger partial charge in [0.1, 0.15) is 0 Å². The molecule has 2 heterocycles. The van der Waals surface area contributed by atoms with Gasteiger partial charge in [0.05, 0.1) is 20.9 Å². The zero-order chi connectivity index (χ0) is 23.0. The summed E-state index contributed by atoms with van der Waals surface area (Å²) in [6.07, 6.45) is 1.91. The Morgan fingerprint density at radius 2 is 1.69 bits per heavy atom. The Hall–Kier alpha value is -1.60. The van der Waals surface area contributed by atoms with Gasteiger partial charge in [0.2, 0.25) is 0 Å². The molecule has 0 aliphatic carbocycles. The number of halogens is 2. The lowest BCUT2D eigenvalue weighted by Gasteiger charge is -2.31. The molecule has 0 bridgehead atoms. The SMILES string of the molecule is Cc1cc(S(=O)(=O)C2CCN(c3nc(Cc4c(C)cccc4C)cs3)CC2)c(Cl)cc1Cl. The van der Waals surface area contributed by atoms with Crippen LogP contribution in [-0.4, -0.2) is 31.7 Å². The molecule has 0 N–H and O–H groups in total. The molecule has 2 aromatic carbocycles. The molecule has 0 atom stereocenters. The molecule has 8 heteroatoms. The Labute approximate surface area is 204 Å². The Bertz CT molecular complexity index is 1230. The first-order valence-corrected chi connectivity index (χ1v) is 13.8. The molecule has 1 saturated heterocycles. The standard InChI is InChI=1S/C24H26Cl2N2O2S2/c1-15-5-4-6-16(2)20(15)12-18-14-31-24(27-18)28-9-7-19(8-10-28)32(29,30)23-11-17(3)21(25)13-22(23)26/h4-6,11,13-14,19H,7-10,12H2,1-3H3. The highest BCUT2D eigenvalue weighted by Crippen LogP contribution is 2.34. The number of hydrogen-bond donors (Lipinski definition) is 0. The average Bonchev–Trinajstić information content (AvgIpc) is 3.22. The molecule has 4 rings (SSSR count). The van der Waals surface area contributed by atoms with Gasteiger partial charge in [-0.3, -0.25) is 0 Å². The van der Waals surface area contributed by atoms with Crippen LogP contribution in [0.1, 0.15) is 40.8 Å². The second-order valence-electron chi connectivity index (χ2n) is 8.43. The van der Waals surface area contributed by atoms with Gasteiger partial charge < -0.3 is 4.90 Å². The van der Waals surface area contributed by atoms with E-state index in [2.05, 4.69) is 42.3 Å². The predicted octanol–water partition coefficient (Wildman–Crippen LogP) is 6.41. The smallest absolute Gasteiger partial charge is 0.185 e. The third kappa shape index (κ3) is 4.69. The van der Waals surface area contributed by atoms with Crippen LogP contribution in [0.15, 0.2) is 40.6 Å². The first kappa shape index (κ1) is 23.6. The lowest BCUT2D eigenvalue weighted by Crippen LogP contribution is -2.39. The van der Waals surface area contributed by atoms with Crippen molar-refractivity contribution in [2.24, 2.45) is 0 Å². The lowest BCUT2D eigenvalue weighted by molar-refractivity contribution is 0.529. The number of piperidine rings is 1. The third-order valence-electron chi connectivity index (χ3n) is 6.21. The summed E-state index contributed by atoms with van der Waals surface area (Å²) >= 11 is 14.0. The Kier molecular flexibility index (Phi) is 6.87. The Morgan fingerprint density at radius 1 is 1.03 bits per heavy atom. The van der Waals surface area contributed by atoms with Crippen LogP contribution in [0.4, 0.5) is 5.13 Å². The molecule has 3 aromatic rings. The van der Waals surface area contributed by atoms with Gasteiger partial charge in [-0.2, -0.15) is 0 Å². The van der Waals surface area contributed by atoms with E-state index < -0.39 is 15.1 Å². The molecule has 0 spiro atoms. The fourth-order valence-electron chi connectivity index (χ4n) is 4.22. The zero-order valence-corrected chi connectivity index (χ0v) is 21.5. The monoisotopic (exact) mass is 508 g/mol. The molecule has 1 fully saturated rings. The maximum Gasteiger partial charge on any atom is 0.185 e. The summed E-state index contributed by atoms with van der Waals surface area (Å²) in [4.78, 5) is 7.23. The summed E-state index contributed by atoms with van der Waals surface area (Å²) in [5.41, 5.74) is 5.65. The maximum absolute atomic E-state index is 13.2. The van der Waals surface area contributed by atoms with Crippen molar-refractivity contribution in [3.63, 3.8) is 0 Å². The lowest BCUT2D eigenvalue weighted by atomic mass is 9.99. The number of sulfone groups is 1. The van der Waals surface area contributed by atoms with Crippen LogP contribution in [0.2, 0.25) is 10.0 Å². The van der Waals surface area contributed by atoms with Gasteiger partial charge in [-0.1, -0.05) is 41.4 Å². The molecule has 0 radical (unpaired) electrons. The van der Waals surface area contributed by atoms with Crippen molar-refractivity contribution < 1.29 is 8.42 Å². The second kappa shape index (κ2) is 9.34. The number of benzene rings is 2. The molecule has 1 aliphatic rings. The van der Waals surface area contributed by atoms with Gasteiger partial charge in [-0.25, -0.2) is 13.4 Å².